The molecular formula is C24H22N2O6. The maximum atomic E-state index is 12.0. The van der Waals surface area contributed by atoms with Gasteiger partial charge in [0.1, 0.15) is 6.61 Å². The summed E-state index contributed by atoms with van der Waals surface area (Å²) in [5.74, 6) is 2.65. The van der Waals surface area contributed by atoms with Crippen molar-refractivity contribution in [2.75, 3.05) is 13.2 Å². The smallest absolute Gasteiger partial charge is 0.407 e. The largest absolute Gasteiger partial charge is 0.479 e. The summed E-state index contributed by atoms with van der Waals surface area (Å²) in [4.78, 5) is 39.6. The van der Waals surface area contributed by atoms with Crippen LogP contribution in [0.25, 0.3) is 11.1 Å². The van der Waals surface area contributed by atoms with E-state index in [1.807, 2.05) is 41.9 Å². The van der Waals surface area contributed by atoms with Crippen LogP contribution in [0.3, 0.4) is 0 Å². The van der Waals surface area contributed by atoms with Gasteiger partial charge in [-0.1, -0.05) is 54.5 Å². The predicted molar refractivity (Wildman–Crippen MR) is 114 cm³/mol. The van der Waals surface area contributed by atoms with Gasteiger partial charge in [0.15, 0.2) is 6.10 Å². The summed E-state index contributed by atoms with van der Waals surface area (Å²) in [5.41, 5.74) is 6.53. The molecule has 8 heteroatoms. The first kappa shape index (κ1) is 21.4. The number of nitrogens with one attached hydrogen (secondary N) is 2. The van der Waals surface area contributed by atoms with E-state index in [0.717, 1.165) is 35.1 Å². The maximum absolute atomic E-state index is 12.0. The van der Waals surface area contributed by atoms with E-state index < -0.39 is 24.1 Å². The fourth-order valence-corrected chi connectivity index (χ4v) is 3.78. The van der Waals surface area contributed by atoms with E-state index in [2.05, 4.69) is 29.3 Å². The average Bonchev–Trinajstić information content (AvgIpc) is 3.57. The van der Waals surface area contributed by atoms with Crippen molar-refractivity contribution < 1.29 is 29.1 Å². The van der Waals surface area contributed by atoms with Gasteiger partial charge in [0, 0.05) is 5.92 Å². The lowest BCUT2D eigenvalue weighted by molar-refractivity contribution is -0.160. The number of carbonyl (C=O) groups excluding carboxylic acids is 2. The van der Waals surface area contributed by atoms with Crippen LogP contribution in [-0.4, -0.2) is 42.3 Å². The molecule has 1 fully saturated rings. The number of carboxylic acid groups (broad SMARTS) is 1. The molecule has 0 aromatic heterocycles. The van der Waals surface area contributed by atoms with Crippen LogP contribution in [0.15, 0.2) is 48.5 Å². The maximum Gasteiger partial charge on any atom is 0.407 e. The van der Waals surface area contributed by atoms with Gasteiger partial charge in [0.25, 0.3) is 0 Å². The Bertz CT molecular complexity index is 1050. The van der Waals surface area contributed by atoms with Crippen LogP contribution < -0.4 is 10.8 Å². The van der Waals surface area contributed by atoms with Crippen molar-refractivity contribution >= 4 is 18.0 Å². The number of alkyl carbamates (subject to hydrolysis) is 1. The van der Waals surface area contributed by atoms with E-state index in [1.54, 1.807) is 0 Å². The molecule has 4 rings (SSSR count). The summed E-state index contributed by atoms with van der Waals surface area (Å²) in [6.07, 6.45) is -0.206. The van der Waals surface area contributed by atoms with E-state index in [9.17, 15) is 14.4 Å². The fraction of sp³-hybridized carbons (Fsp3) is 0.292. The summed E-state index contributed by atoms with van der Waals surface area (Å²) in [6.45, 7) is 0.0778. The zero-order chi connectivity index (χ0) is 22.5. The number of hydrogen-bond donors (Lipinski definition) is 3. The SMILES string of the molecule is O=C(C#CCNC(=O)OCC1c2ccccc2-c2ccccc21)NOC(C(=O)O)C1CC1. The Labute approximate surface area is 184 Å². The Morgan fingerprint density at radius 1 is 1.03 bits per heavy atom. The quantitative estimate of drug-likeness (QED) is 0.456. The predicted octanol–water partition coefficient (Wildman–Crippen LogP) is 2.44. The molecule has 0 radical (unpaired) electrons. The van der Waals surface area contributed by atoms with Crippen LogP contribution in [0, 0.1) is 17.8 Å². The molecule has 3 N–H and O–H groups in total. The highest BCUT2D eigenvalue weighted by Crippen LogP contribution is 2.44. The third kappa shape index (κ3) is 4.90. The molecule has 8 nitrogen and oxygen atoms in total. The summed E-state index contributed by atoms with van der Waals surface area (Å²) in [7, 11) is 0. The molecule has 0 saturated heterocycles. The topological polar surface area (TPSA) is 114 Å². The zero-order valence-electron chi connectivity index (χ0n) is 17.2. The van der Waals surface area contributed by atoms with E-state index in [0.29, 0.717) is 0 Å². The first-order valence-corrected chi connectivity index (χ1v) is 10.3. The van der Waals surface area contributed by atoms with Crippen LogP contribution in [0.2, 0.25) is 0 Å². The molecule has 2 aromatic rings. The lowest BCUT2D eigenvalue weighted by atomic mass is 9.98. The summed E-state index contributed by atoms with van der Waals surface area (Å²) < 4.78 is 5.38. The molecular weight excluding hydrogens is 412 g/mol. The van der Waals surface area contributed by atoms with E-state index >= 15 is 0 Å². The Balaban J connectivity index is 1.23. The molecule has 164 valence electrons. The minimum Gasteiger partial charge on any atom is -0.479 e. The van der Waals surface area contributed by atoms with Crippen molar-refractivity contribution in [2.24, 2.45) is 5.92 Å². The van der Waals surface area contributed by atoms with Gasteiger partial charge < -0.3 is 15.2 Å². The van der Waals surface area contributed by atoms with Crippen LogP contribution in [0.4, 0.5) is 4.79 Å². The fourth-order valence-electron chi connectivity index (χ4n) is 3.78. The number of carboxylic acids is 1. The number of carbonyl (C=O) groups is 3. The molecule has 2 aromatic carbocycles. The van der Waals surface area contributed by atoms with E-state index in [4.69, 9.17) is 14.7 Å². The number of rotatable bonds is 7. The van der Waals surface area contributed by atoms with Gasteiger partial charge >= 0.3 is 18.0 Å². The number of hydroxylamine groups is 1. The molecule has 32 heavy (non-hydrogen) atoms. The van der Waals surface area contributed by atoms with Crippen molar-refractivity contribution in [2.45, 2.75) is 24.9 Å². The Morgan fingerprint density at radius 2 is 1.66 bits per heavy atom. The van der Waals surface area contributed by atoms with Crippen molar-refractivity contribution in [1.29, 1.82) is 0 Å². The van der Waals surface area contributed by atoms with Gasteiger partial charge in [-0.3, -0.25) is 9.63 Å². The highest BCUT2D eigenvalue weighted by Gasteiger charge is 2.38. The van der Waals surface area contributed by atoms with Gasteiger partial charge in [-0.25, -0.2) is 15.1 Å². The summed E-state index contributed by atoms with van der Waals surface area (Å²) in [6, 6.07) is 16.1. The monoisotopic (exact) mass is 434 g/mol. The van der Waals surface area contributed by atoms with Gasteiger partial charge in [-0.2, -0.15) is 0 Å². The number of fused-ring (bicyclic) bond motifs is 3. The summed E-state index contributed by atoms with van der Waals surface area (Å²) in [5, 5.41) is 11.5. The molecule has 2 amide bonds. The number of benzene rings is 2. The standard InChI is InChI=1S/C24H22N2O6/c27-21(26-32-22(23(28)29)15-11-12-15)10-5-13-25-24(30)31-14-20-18-8-3-1-6-16(18)17-7-2-4-9-19(17)20/h1-4,6-9,15,20,22H,11-14H2,(H,25,30)(H,26,27)(H,28,29). The van der Waals surface area contributed by atoms with Crippen LogP contribution >= 0.6 is 0 Å². The van der Waals surface area contributed by atoms with E-state index in [1.165, 1.54) is 0 Å². The Kier molecular flexibility index (Phi) is 6.38. The van der Waals surface area contributed by atoms with Gasteiger partial charge in [-0.15, -0.1) is 0 Å². The minimum absolute atomic E-state index is 0.0455. The van der Waals surface area contributed by atoms with Crippen molar-refractivity contribution in [1.82, 2.24) is 10.8 Å². The third-order valence-corrected chi connectivity index (χ3v) is 5.44. The number of aliphatic carboxylic acids is 1. The van der Waals surface area contributed by atoms with Crippen molar-refractivity contribution in [3.63, 3.8) is 0 Å². The lowest BCUT2D eigenvalue weighted by Crippen LogP contribution is -2.35. The lowest BCUT2D eigenvalue weighted by Gasteiger charge is -2.14. The summed E-state index contributed by atoms with van der Waals surface area (Å²) >= 11 is 0. The second kappa shape index (κ2) is 9.54. The molecule has 0 bridgehead atoms. The average molecular weight is 434 g/mol. The van der Waals surface area contributed by atoms with Crippen LogP contribution in [0.5, 0.6) is 0 Å². The molecule has 1 atom stereocenters. The Hall–Kier alpha value is -3.83. The normalized spacial score (nSPS) is 14.9. The number of ether oxygens (including phenoxy) is 1. The third-order valence-electron chi connectivity index (χ3n) is 5.44. The highest BCUT2D eigenvalue weighted by atomic mass is 16.7. The highest BCUT2D eigenvalue weighted by molar-refractivity contribution is 5.93. The first-order valence-electron chi connectivity index (χ1n) is 10.3. The van der Waals surface area contributed by atoms with Gasteiger partial charge in [0.05, 0.1) is 6.54 Å². The molecule has 0 aliphatic heterocycles. The Morgan fingerprint density at radius 3 is 2.25 bits per heavy atom. The zero-order valence-corrected chi connectivity index (χ0v) is 17.2. The molecule has 2 aliphatic rings. The molecule has 0 heterocycles. The van der Waals surface area contributed by atoms with E-state index in [-0.39, 0.29) is 25.0 Å². The second-order valence-electron chi connectivity index (χ2n) is 7.63. The van der Waals surface area contributed by atoms with Gasteiger partial charge in [0.2, 0.25) is 0 Å². The number of hydrogen-bond acceptors (Lipinski definition) is 5. The number of amides is 2. The second-order valence-corrected chi connectivity index (χ2v) is 7.63. The molecule has 1 saturated carbocycles. The first-order chi connectivity index (χ1) is 15.5. The van der Waals surface area contributed by atoms with Crippen LogP contribution in [-0.2, 0) is 19.2 Å². The molecule has 2 aliphatic carbocycles. The van der Waals surface area contributed by atoms with Crippen molar-refractivity contribution in [3.05, 3.63) is 59.7 Å². The van der Waals surface area contributed by atoms with Crippen molar-refractivity contribution in [3.8, 4) is 23.0 Å². The van der Waals surface area contributed by atoms with Crippen LogP contribution in [0.1, 0.15) is 29.9 Å². The van der Waals surface area contributed by atoms with Gasteiger partial charge in [-0.05, 0) is 46.9 Å². The molecule has 1 unspecified atom stereocenters. The minimum atomic E-state index is -1.13. The molecule has 0 spiro atoms.